The maximum absolute atomic E-state index is 9.62. The molecule has 0 spiro atoms. The van der Waals surface area contributed by atoms with E-state index in [0.717, 1.165) is 0 Å². The zero-order valence-corrected chi connectivity index (χ0v) is 9.29. The van der Waals surface area contributed by atoms with E-state index in [1.165, 1.54) is 0 Å². The van der Waals surface area contributed by atoms with E-state index in [1.807, 2.05) is 6.92 Å². The van der Waals surface area contributed by atoms with Crippen LogP contribution in [0.1, 0.15) is 18.6 Å². The first-order valence-corrected chi connectivity index (χ1v) is 5.10. The van der Waals surface area contributed by atoms with Crippen LogP contribution in [0.4, 0.5) is 0 Å². The van der Waals surface area contributed by atoms with Crippen molar-refractivity contribution in [2.45, 2.75) is 13.0 Å². The van der Waals surface area contributed by atoms with Gasteiger partial charge in [-0.2, -0.15) is 0 Å². The lowest BCUT2D eigenvalue weighted by molar-refractivity contribution is 0.175. The Hall–Kier alpha value is -0.810. The Morgan fingerprint density at radius 1 is 1.60 bits per heavy atom. The zero-order chi connectivity index (χ0) is 11.3. The Labute approximate surface area is 94.0 Å². The second-order valence-electron chi connectivity index (χ2n) is 3.05. The summed E-state index contributed by atoms with van der Waals surface area (Å²) < 4.78 is 5.28. The van der Waals surface area contributed by atoms with Gasteiger partial charge < -0.3 is 9.84 Å². The summed E-state index contributed by atoms with van der Waals surface area (Å²) in [6.45, 7) is 2.73. The monoisotopic (exact) mass is 230 g/mol. The van der Waals surface area contributed by atoms with Gasteiger partial charge in [-0.25, -0.2) is 0 Å². The van der Waals surface area contributed by atoms with Gasteiger partial charge >= 0.3 is 0 Å². The molecule has 0 amide bonds. The minimum absolute atomic E-state index is 0.282. The molecular weight excluding hydrogens is 216 g/mol. The summed E-state index contributed by atoms with van der Waals surface area (Å²) in [6, 6.07) is 5.17. The molecular formula is C10H15ClN2O2. The van der Waals surface area contributed by atoms with Gasteiger partial charge in [-0.1, -0.05) is 17.7 Å². The molecule has 1 aromatic rings. The highest BCUT2D eigenvalue weighted by Gasteiger charge is 2.09. The van der Waals surface area contributed by atoms with E-state index in [4.69, 9.17) is 22.2 Å². The average Bonchev–Trinajstić information content (AvgIpc) is 2.21. The van der Waals surface area contributed by atoms with Crippen molar-refractivity contribution in [3.8, 4) is 5.75 Å². The summed E-state index contributed by atoms with van der Waals surface area (Å²) >= 11 is 5.96. The summed E-state index contributed by atoms with van der Waals surface area (Å²) in [4.78, 5) is 0. The van der Waals surface area contributed by atoms with Crippen molar-refractivity contribution in [3.05, 3.63) is 28.8 Å². The van der Waals surface area contributed by atoms with Crippen molar-refractivity contribution in [1.29, 1.82) is 0 Å². The topological polar surface area (TPSA) is 67.5 Å². The van der Waals surface area contributed by atoms with Crippen molar-refractivity contribution < 1.29 is 9.84 Å². The standard InChI is InChI=1S/C10H15ClN2O2/c1-2-15-10-4-3-7(5-8(10)11)9(14)6-13-12/h3-5,9,13-14H,2,6,12H2,1H3. The van der Waals surface area contributed by atoms with Crippen molar-refractivity contribution in [1.82, 2.24) is 5.43 Å². The molecule has 0 saturated heterocycles. The molecule has 0 aliphatic rings. The lowest BCUT2D eigenvalue weighted by atomic mass is 10.1. The van der Waals surface area contributed by atoms with Crippen molar-refractivity contribution in [2.24, 2.45) is 5.84 Å². The van der Waals surface area contributed by atoms with E-state index in [2.05, 4.69) is 5.43 Å². The third kappa shape index (κ3) is 3.35. The van der Waals surface area contributed by atoms with Gasteiger partial charge in [0.1, 0.15) is 5.75 Å². The van der Waals surface area contributed by atoms with E-state index in [-0.39, 0.29) is 6.54 Å². The van der Waals surface area contributed by atoms with E-state index in [1.54, 1.807) is 18.2 Å². The van der Waals surface area contributed by atoms with Gasteiger partial charge in [0.15, 0.2) is 0 Å². The number of aliphatic hydroxyl groups excluding tert-OH is 1. The molecule has 0 aliphatic heterocycles. The predicted octanol–water partition coefficient (Wildman–Crippen LogP) is 1.24. The minimum Gasteiger partial charge on any atom is -0.492 e. The number of hydrazine groups is 1. The lowest BCUT2D eigenvalue weighted by Crippen LogP contribution is -2.27. The van der Waals surface area contributed by atoms with Gasteiger partial charge in [0.25, 0.3) is 0 Å². The Kier molecular flexibility index (Phi) is 4.84. The molecule has 0 aliphatic carbocycles. The Balaban J connectivity index is 2.81. The average molecular weight is 231 g/mol. The van der Waals surface area contributed by atoms with Crippen molar-refractivity contribution in [2.75, 3.05) is 13.2 Å². The summed E-state index contributed by atoms with van der Waals surface area (Å²) in [7, 11) is 0. The highest BCUT2D eigenvalue weighted by molar-refractivity contribution is 6.32. The van der Waals surface area contributed by atoms with E-state index < -0.39 is 6.10 Å². The molecule has 0 heterocycles. The molecule has 4 nitrogen and oxygen atoms in total. The second-order valence-corrected chi connectivity index (χ2v) is 3.45. The minimum atomic E-state index is -0.664. The molecule has 4 N–H and O–H groups in total. The number of rotatable bonds is 5. The number of hydrogen-bond acceptors (Lipinski definition) is 4. The first kappa shape index (κ1) is 12.3. The second kappa shape index (κ2) is 5.92. The number of nitrogens with two attached hydrogens (primary N) is 1. The molecule has 0 saturated carbocycles. The third-order valence-corrected chi connectivity index (χ3v) is 2.25. The summed E-state index contributed by atoms with van der Waals surface area (Å²) in [5.41, 5.74) is 3.11. The van der Waals surface area contributed by atoms with Gasteiger partial charge in [0, 0.05) is 6.54 Å². The van der Waals surface area contributed by atoms with Crippen LogP contribution in [0.2, 0.25) is 5.02 Å². The van der Waals surface area contributed by atoms with Crippen LogP contribution in [0, 0.1) is 0 Å². The molecule has 15 heavy (non-hydrogen) atoms. The van der Waals surface area contributed by atoms with E-state index in [9.17, 15) is 5.11 Å². The summed E-state index contributed by atoms with van der Waals surface area (Å²) in [5.74, 6) is 5.74. The third-order valence-electron chi connectivity index (χ3n) is 1.95. The Bertz CT molecular complexity index is 320. The highest BCUT2D eigenvalue weighted by Crippen LogP contribution is 2.27. The van der Waals surface area contributed by atoms with Crippen LogP contribution in [-0.2, 0) is 0 Å². The Morgan fingerprint density at radius 3 is 2.87 bits per heavy atom. The number of aliphatic hydroxyl groups is 1. The highest BCUT2D eigenvalue weighted by atomic mass is 35.5. The number of ether oxygens (including phenoxy) is 1. The molecule has 0 radical (unpaired) electrons. The summed E-state index contributed by atoms with van der Waals surface area (Å²) in [6.07, 6.45) is -0.664. The number of benzene rings is 1. The van der Waals surface area contributed by atoms with Crippen LogP contribution in [0.15, 0.2) is 18.2 Å². The molecule has 0 bridgehead atoms. The van der Waals surface area contributed by atoms with E-state index >= 15 is 0 Å². The van der Waals surface area contributed by atoms with Crippen LogP contribution in [-0.4, -0.2) is 18.3 Å². The predicted molar refractivity (Wildman–Crippen MR) is 59.8 cm³/mol. The maximum Gasteiger partial charge on any atom is 0.137 e. The normalized spacial score (nSPS) is 12.5. The molecule has 0 aromatic heterocycles. The van der Waals surface area contributed by atoms with Crippen molar-refractivity contribution >= 4 is 11.6 Å². The van der Waals surface area contributed by atoms with Crippen LogP contribution in [0.5, 0.6) is 5.75 Å². The molecule has 1 atom stereocenters. The van der Waals surface area contributed by atoms with Crippen LogP contribution in [0.3, 0.4) is 0 Å². The van der Waals surface area contributed by atoms with Gasteiger partial charge in [0.05, 0.1) is 17.7 Å². The molecule has 1 unspecified atom stereocenters. The van der Waals surface area contributed by atoms with Gasteiger partial charge in [-0.15, -0.1) is 0 Å². The molecule has 1 rings (SSSR count). The van der Waals surface area contributed by atoms with Crippen LogP contribution >= 0.6 is 11.6 Å². The number of halogens is 1. The molecule has 0 fully saturated rings. The van der Waals surface area contributed by atoms with Crippen LogP contribution < -0.4 is 16.0 Å². The van der Waals surface area contributed by atoms with E-state index in [0.29, 0.717) is 22.9 Å². The fourth-order valence-corrected chi connectivity index (χ4v) is 1.47. The first-order chi connectivity index (χ1) is 7.19. The maximum atomic E-state index is 9.62. The fraction of sp³-hybridized carbons (Fsp3) is 0.400. The molecule has 5 heteroatoms. The molecule has 1 aromatic carbocycles. The van der Waals surface area contributed by atoms with Crippen LogP contribution in [0.25, 0.3) is 0 Å². The largest absolute Gasteiger partial charge is 0.492 e. The number of nitrogens with one attached hydrogen (secondary N) is 1. The zero-order valence-electron chi connectivity index (χ0n) is 8.53. The smallest absolute Gasteiger partial charge is 0.137 e. The molecule has 84 valence electrons. The fourth-order valence-electron chi connectivity index (χ4n) is 1.23. The van der Waals surface area contributed by atoms with Gasteiger partial charge in [0.2, 0.25) is 0 Å². The Morgan fingerprint density at radius 2 is 2.33 bits per heavy atom. The van der Waals surface area contributed by atoms with Gasteiger partial charge in [-0.3, -0.25) is 11.3 Å². The SMILES string of the molecule is CCOc1ccc(C(O)CNN)cc1Cl. The quantitative estimate of drug-likeness (QED) is 0.526. The number of hydrogen-bond donors (Lipinski definition) is 3. The van der Waals surface area contributed by atoms with Gasteiger partial charge in [-0.05, 0) is 24.6 Å². The lowest BCUT2D eigenvalue weighted by Gasteiger charge is -2.12. The summed E-state index contributed by atoms with van der Waals surface area (Å²) in [5, 5.41) is 10.1. The first-order valence-electron chi connectivity index (χ1n) is 4.72. The van der Waals surface area contributed by atoms with Crippen molar-refractivity contribution in [3.63, 3.8) is 0 Å².